The SMILES string of the molecule is C=C(C(=O)[C@H](COC(C)=O)[C@H](O)[C@@]1(C)O[C@@H]1[C@@H](C)/C=C\C)[C@@H](O)CC(=O)CC. The van der Waals surface area contributed by atoms with Gasteiger partial charge in [-0.3, -0.25) is 14.4 Å². The number of epoxide rings is 1. The van der Waals surface area contributed by atoms with E-state index in [0.717, 1.165) is 0 Å². The van der Waals surface area contributed by atoms with Gasteiger partial charge in [0.2, 0.25) is 0 Å². The number of carbonyl (C=O) groups excluding carboxylic acids is 3. The van der Waals surface area contributed by atoms with Gasteiger partial charge in [-0.1, -0.05) is 32.6 Å². The first kappa shape index (κ1) is 24.2. The number of esters is 1. The van der Waals surface area contributed by atoms with Gasteiger partial charge in [-0.15, -0.1) is 0 Å². The van der Waals surface area contributed by atoms with Crippen molar-refractivity contribution in [1.82, 2.24) is 0 Å². The molecule has 2 N–H and O–H groups in total. The highest BCUT2D eigenvalue weighted by Gasteiger charge is 2.61. The quantitative estimate of drug-likeness (QED) is 0.224. The number of Topliss-reactive ketones (excluding diaryl/α,β-unsaturated/α-hetero) is 2. The lowest BCUT2D eigenvalue weighted by Crippen LogP contribution is -2.44. The summed E-state index contributed by atoms with van der Waals surface area (Å²) in [6.45, 7) is 11.6. The Balaban J connectivity index is 2.99. The molecule has 0 spiro atoms. The Bertz CT molecular complexity index is 639. The number of allylic oxidation sites excluding steroid dienone is 1. The van der Waals surface area contributed by atoms with Crippen LogP contribution in [0.1, 0.15) is 47.5 Å². The summed E-state index contributed by atoms with van der Waals surface area (Å²) in [7, 11) is 0. The molecule has 1 rings (SSSR count). The lowest BCUT2D eigenvalue weighted by Gasteiger charge is -2.27. The topological polar surface area (TPSA) is 113 Å². The van der Waals surface area contributed by atoms with Gasteiger partial charge < -0.3 is 19.7 Å². The van der Waals surface area contributed by atoms with Gasteiger partial charge in [0.25, 0.3) is 0 Å². The van der Waals surface area contributed by atoms with E-state index in [4.69, 9.17) is 9.47 Å². The summed E-state index contributed by atoms with van der Waals surface area (Å²) >= 11 is 0. The van der Waals surface area contributed by atoms with Crippen LogP contribution < -0.4 is 0 Å². The number of carbonyl (C=O) groups is 3. The molecule has 1 aliphatic rings. The molecule has 7 nitrogen and oxygen atoms in total. The highest BCUT2D eigenvalue weighted by atomic mass is 16.6. The van der Waals surface area contributed by atoms with E-state index in [-0.39, 0.29) is 42.8 Å². The molecule has 7 heteroatoms. The molecule has 0 amide bonds. The molecule has 0 bridgehead atoms. The lowest BCUT2D eigenvalue weighted by molar-refractivity contribution is -0.146. The minimum Gasteiger partial charge on any atom is -0.465 e. The molecule has 1 saturated heterocycles. The van der Waals surface area contributed by atoms with Crippen molar-refractivity contribution < 1.29 is 34.1 Å². The molecule has 0 aromatic rings. The van der Waals surface area contributed by atoms with Crippen molar-refractivity contribution in [3.63, 3.8) is 0 Å². The zero-order valence-corrected chi connectivity index (χ0v) is 17.3. The summed E-state index contributed by atoms with van der Waals surface area (Å²) in [5, 5.41) is 21.0. The van der Waals surface area contributed by atoms with E-state index in [1.54, 1.807) is 13.8 Å². The number of aliphatic hydroxyl groups excluding tert-OH is 2. The van der Waals surface area contributed by atoms with Crippen molar-refractivity contribution in [3.8, 4) is 0 Å². The van der Waals surface area contributed by atoms with Crippen LogP contribution in [0.3, 0.4) is 0 Å². The van der Waals surface area contributed by atoms with E-state index in [0.29, 0.717) is 0 Å². The lowest BCUT2D eigenvalue weighted by atomic mass is 9.81. The number of ketones is 2. The Hall–Kier alpha value is -1.83. The molecule has 1 heterocycles. The molecule has 0 aromatic heterocycles. The average molecular weight is 396 g/mol. The molecule has 28 heavy (non-hydrogen) atoms. The van der Waals surface area contributed by atoms with Gasteiger partial charge in [0.15, 0.2) is 5.78 Å². The fourth-order valence-corrected chi connectivity index (χ4v) is 3.31. The standard InChI is InChI=1S/C21H32O7/c1-7-9-12(3)20-21(6,28-20)19(26)16(11-27-14(5)22)18(25)13(4)17(24)10-15(23)8-2/h7,9,12,16-17,19-20,24,26H,4,8,10-11H2,1-3,5-6H3/b9-7-/t12-,16-,17-,19-,20+,21+/m0/s1. The summed E-state index contributed by atoms with van der Waals surface area (Å²) in [5.74, 6) is -2.60. The molecule has 0 aliphatic carbocycles. The van der Waals surface area contributed by atoms with Crippen LogP contribution in [0.2, 0.25) is 0 Å². The molecule has 1 aliphatic heterocycles. The molecule has 158 valence electrons. The smallest absolute Gasteiger partial charge is 0.302 e. The third kappa shape index (κ3) is 5.83. The monoisotopic (exact) mass is 396 g/mol. The predicted octanol–water partition coefficient (Wildman–Crippen LogP) is 1.75. The van der Waals surface area contributed by atoms with E-state index < -0.39 is 35.5 Å². The molecule has 0 radical (unpaired) electrons. The normalized spacial score (nSPS) is 25.6. The third-order valence-corrected chi connectivity index (χ3v) is 5.17. The van der Waals surface area contributed by atoms with Crippen LogP contribution in [0.25, 0.3) is 0 Å². The highest BCUT2D eigenvalue weighted by molar-refractivity contribution is 5.99. The van der Waals surface area contributed by atoms with Crippen molar-refractivity contribution in [2.45, 2.75) is 71.4 Å². The first-order valence-corrected chi connectivity index (χ1v) is 9.54. The second-order valence-corrected chi connectivity index (χ2v) is 7.46. The van der Waals surface area contributed by atoms with Crippen molar-refractivity contribution in [1.29, 1.82) is 0 Å². The largest absolute Gasteiger partial charge is 0.465 e. The number of aliphatic hydroxyl groups is 2. The van der Waals surface area contributed by atoms with E-state index in [9.17, 15) is 24.6 Å². The fraction of sp³-hybridized carbons (Fsp3) is 0.667. The van der Waals surface area contributed by atoms with Crippen LogP contribution in [-0.2, 0) is 23.9 Å². The van der Waals surface area contributed by atoms with Crippen LogP contribution >= 0.6 is 0 Å². The Morgan fingerprint density at radius 3 is 2.43 bits per heavy atom. The summed E-state index contributed by atoms with van der Waals surface area (Å²) in [4.78, 5) is 35.7. The summed E-state index contributed by atoms with van der Waals surface area (Å²) in [6, 6.07) is 0. The van der Waals surface area contributed by atoms with Gasteiger partial charge in [-0.25, -0.2) is 0 Å². The highest BCUT2D eigenvalue weighted by Crippen LogP contribution is 2.46. The van der Waals surface area contributed by atoms with Crippen LogP contribution in [0.5, 0.6) is 0 Å². The van der Waals surface area contributed by atoms with Gasteiger partial charge in [0.1, 0.15) is 18.0 Å². The Kier molecular flexibility index (Phi) is 8.73. The predicted molar refractivity (Wildman–Crippen MR) is 103 cm³/mol. The Labute approximate surface area is 166 Å². The maximum Gasteiger partial charge on any atom is 0.302 e. The summed E-state index contributed by atoms with van der Waals surface area (Å²) in [5.41, 5.74) is -1.19. The molecular formula is C21H32O7. The Morgan fingerprint density at radius 2 is 1.93 bits per heavy atom. The first-order valence-electron chi connectivity index (χ1n) is 9.54. The number of rotatable bonds is 12. The van der Waals surface area contributed by atoms with Crippen molar-refractivity contribution in [2.75, 3.05) is 6.61 Å². The zero-order valence-electron chi connectivity index (χ0n) is 17.3. The van der Waals surface area contributed by atoms with Crippen LogP contribution in [0, 0.1) is 11.8 Å². The van der Waals surface area contributed by atoms with Gasteiger partial charge in [0, 0.05) is 31.3 Å². The van der Waals surface area contributed by atoms with Gasteiger partial charge in [0.05, 0.1) is 24.2 Å². The molecule has 0 aromatic carbocycles. The van der Waals surface area contributed by atoms with E-state index in [2.05, 4.69) is 6.58 Å². The molecule has 0 saturated carbocycles. The van der Waals surface area contributed by atoms with Gasteiger partial charge in [-0.2, -0.15) is 0 Å². The maximum atomic E-state index is 12.9. The van der Waals surface area contributed by atoms with Crippen LogP contribution in [0.4, 0.5) is 0 Å². The molecular weight excluding hydrogens is 364 g/mol. The third-order valence-electron chi connectivity index (χ3n) is 5.17. The number of ether oxygens (including phenoxy) is 2. The number of hydrogen-bond acceptors (Lipinski definition) is 7. The summed E-state index contributed by atoms with van der Waals surface area (Å²) < 4.78 is 10.7. The summed E-state index contributed by atoms with van der Waals surface area (Å²) in [6.07, 6.45) is 0.890. The minimum absolute atomic E-state index is 0.0186. The van der Waals surface area contributed by atoms with Crippen molar-refractivity contribution in [2.24, 2.45) is 11.8 Å². The van der Waals surface area contributed by atoms with E-state index in [1.165, 1.54) is 6.92 Å². The fourth-order valence-electron chi connectivity index (χ4n) is 3.31. The van der Waals surface area contributed by atoms with E-state index in [1.807, 2.05) is 26.0 Å². The van der Waals surface area contributed by atoms with Crippen molar-refractivity contribution >= 4 is 17.5 Å². The Morgan fingerprint density at radius 1 is 1.32 bits per heavy atom. The van der Waals surface area contributed by atoms with Gasteiger partial charge >= 0.3 is 5.97 Å². The maximum absolute atomic E-state index is 12.9. The first-order chi connectivity index (χ1) is 13.0. The average Bonchev–Trinajstić information content (AvgIpc) is 3.33. The van der Waals surface area contributed by atoms with E-state index >= 15 is 0 Å². The zero-order chi connectivity index (χ0) is 21.6. The minimum atomic E-state index is -1.35. The van der Waals surface area contributed by atoms with Gasteiger partial charge in [-0.05, 0) is 13.8 Å². The van der Waals surface area contributed by atoms with Crippen LogP contribution in [0.15, 0.2) is 24.3 Å². The molecule has 6 atom stereocenters. The molecule has 1 fully saturated rings. The second-order valence-electron chi connectivity index (χ2n) is 7.46. The van der Waals surface area contributed by atoms with Crippen LogP contribution in [-0.4, -0.2) is 58.3 Å². The molecule has 0 unspecified atom stereocenters. The van der Waals surface area contributed by atoms with Crippen molar-refractivity contribution in [3.05, 3.63) is 24.3 Å². The second kappa shape index (κ2) is 10.1. The number of hydrogen-bond donors (Lipinski definition) is 2.